The first kappa shape index (κ1) is 17.6. The number of nitrogens with one attached hydrogen (secondary N) is 1. The minimum absolute atomic E-state index is 0.0660. The van der Waals surface area contributed by atoms with Crippen LogP contribution < -0.4 is 10.5 Å². The first-order valence-corrected chi connectivity index (χ1v) is 8.25. The first-order chi connectivity index (χ1) is 9.70. The van der Waals surface area contributed by atoms with Gasteiger partial charge in [-0.2, -0.15) is 0 Å². The molecule has 0 unspecified atom stereocenters. The Morgan fingerprint density at radius 1 is 1.33 bits per heavy atom. The van der Waals surface area contributed by atoms with Gasteiger partial charge in [0.25, 0.3) is 5.91 Å². The molecule has 0 fully saturated rings. The van der Waals surface area contributed by atoms with E-state index < -0.39 is 10.0 Å². The van der Waals surface area contributed by atoms with Gasteiger partial charge in [-0.05, 0) is 36.6 Å². The number of hydrogen-bond acceptors (Lipinski definition) is 4. The molecule has 0 bridgehead atoms. The number of amides is 1. The van der Waals surface area contributed by atoms with Crippen molar-refractivity contribution < 1.29 is 17.9 Å². The highest BCUT2D eigenvalue weighted by Crippen LogP contribution is 2.13. The average molecular weight is 314 g/mol. The van der Waals surface area contributed by atoms with Crippen molar-refractivity contribution in [2.75, 3.05) is 19.8 Å². The van der Waals surface area contributed by atoms with Gasteiger partial charge < -0.3 is 10.1 Å². The number of hydrogen-bond donors (Lipinski definition) is 2. The summed E-state index contributed by atoms with van der Waals surface area (Å²) in [6.07, 6.45) is 0. The van der Waals surface area contributed by atoms with E-state index in [0.29, 0.717) is 31.2 Å². The summed E-state index contributed by atoms with van der Waals surface area (Å²) in [6.45, 7) is 7.20. The third kappa shape index (κ3) is 6.24. The fourth-order valence-corrected chi connectivity index (χ4v) is 2.34. The zero-order valence-corrected chi connectivity index (χ0v) is 13.4. The van der Waals surface area contributed by atoms with Crippen molar-refractivity contribution in [3.05, 3.63) is 29.3 Å². The van der Waals surface area contributed by atoms with E-state index in [9.17, 15) is 13.2 Å². The van der Waals surface area contributed by atoms with E-state index in [1.165, 1.54) is 12.1 Å². The number of rotatable bonds is 7. The van der Waals surface area contributed by atoms with Crippen LogP contribution in [0.25, 0.3) is 0 Å². The molecule has 0 aliphatic carbocycles. The number of nitrogens with two attached hydrogens (primary N) is 1. The summed E-state index contributed by atoms with van der Waals surface area (Å²) in [7, 11) is -3.82. The molecule has 7 heteroatoms. The number of benzene rings is 1. The summed E-state index contributed by atoms with van der Waals surface area (Å²) in [6, 6.07) is 4.31. The lowest BCUT2D eigenvalue weighted by molar-refractivity contribution is 0.0886. The smallest absolute Gasteiger partial charge is 0.251 e. The molecule has 0 spiro atoms. The van der Waals surface area contributed by atoms with Crippen molar-refractivity contribution >= 4 is 15.9 Å². The van der Waals surface area contributed by atoms with Gasteiger partial charge in [-0.1, -0.05) is 13.8 Å². The van der Waals surface area contributed by atoms with Crippen LogP contribution in [0.2, 0.25) is 0 Å². The summed E-state index contributed by atoms with van der Waals surface area (Å²) in [5, 5.41) is 7.76. The Hall–Kier alpha value is -1.44. The van der Waals surface area contributed by atoms with E-state index in [2.05, 4.69) is 5.32 Å². The predicted molar refractivity (Wildman–Crippen MR) is 80.5 cm³/mol. The van der Waals surface area contributed by atoms with Crippen LogP contribution in [0.4, 0.5) is 0 Å². The molecule has 1 aromatic carbocycles. The first-order valence-electron chi connectivity index (χ1n) is 6.70. The number of ether oxygens (including phenoxy) is 1. The molecule has 6 nitrogen and oxygen atoms in total. The number of carbonyl (C=O) groups is 1. The minimum Gasteiger partial charge on any atom is -0.379 e. The van der Waals surface area contributed by atoms with Gasteiger partial charge in [0, 0.05) is 18.7 Å². The molecule has 3 N–H and O–H groups in total. The Morgan fingerprint density at radius 2 is 2.00 bits per heavy atom. The molecule has 1 rings (SSSR count). The molecule has 0 saturated heterocycles. The molecule has 1 aromatic rings. The maximum absolute atomic E-state index is 12.0. The van der Waals surface area contributed by atoms with Gasteiger partial charge in [0.1, 0.15) is 0 Å². The standard InChI is InChI=1S/C14H22N2O4S/c1-10(2)9-20-5-4-16-14(17)12-6-11(3)7-13(8-12)21(15,18)19/h6-8,10H,4-5,9H2,1-3H3,(H,16,17)(H2,15,18,19). The zero-order chi connectivity index (χ0) is 16.0. The highest BCUT2D eigenvalue weighted by Gasteiger charge is 2.13. The lowest BCUT2D eigenvalue weighted by Crippen LogP contribution is -2.28. The molecule has 1 amide bonds. The fraction of sp³-hybridized carbons (Fsp3) is 0.500. The van der Waals surface area contributed by atoms with Crippen molar-refractivity contribution in [2.24, 2.45) is 11.1 Å². The number of sulfonamides is 1. The number of primary sulfonamides is 1. The van der Waals surface area contributed by atoms with Gasteiger partial charge in [0.2, 0.25) is 10.0 Å². The highest BCUT2D eigenvalue weighted by atomic mass is 32.2. The van der Waals surface area contributed by atoms with Crippen molar-refractivity contribution in [3.63, 3.8) is 0 Å². The molecule has 118 valence electrons. The van der Waals surface area contributed by atoms with Gasteiger partial charge in [0.05, 0.1) is 11.5 Å². The fourth-order valence-electron chi connectivity index (χ4n) is 1.70. The van der Waals surface area contributed by atoms with Crippen LogP contribution in [0, 0.1) is 12.8 Å². The Balaban J connectivity index is 2.64. The van der Waals surface area contributed by atoms with E-state index in [0.717, 1.165) is 0 Å². The molecule has 0 aliphatic heterocycles. The van der Waals surface area contributed by atoms with Crippen molar-refractivity contribution in [1.82, 2.24) is 5.32 Å². The Labute approximate surface area is 125 Å². The van der Waals surface area contributed by atoms with Crippen LogP contribution in [0.5, 0.6) is 0 Å². The van der Waals surface area contributed by atoms with Crippen LogP contribution in [0.1, 0.15) is 29.8 Å². The van der Waals surface area contributed by atoms with Crippen molar-refractivity contribution in [1.29, 1.82) is 0 Å². The topological polar surface area (TPSA) is 98.5 Å². The van der Waals surface area contributed by atoms with E-state index in [-0.39, 0.29) is 16.4 Å². The second-order valence-corrected chi connectivity index (χ2v) is 6.87. The molecule has 0 saturated carbocycles. The van der Waals surface area contributed by atoms with Gasteiger partial charge in [-0.3, -0.25) is 4.79 Å². The molecule has 21 heavy (non-hydrogen) atoms. The molecule has 0 atom stereocenters. The average Bonchev–Trinajstić information content (AvgIpc) is 2.36. The summed E-state index contributed by atoms with van der Waals surface area (Å²) >= 11 is 0. The number of aryl methyl sites for hydroxylation is 1. The Morgan fingerprint density at radius 3 is 2.57 bits per heavy atom. The van der Waals surface area contributed by atoms with Gasteiger partial charge in [0.15, 0.2) is 0 Å². The van der Waals surface area contributed by atoms with Crippen LogP contribution in [0.3, 0.4) is 0 Å². The summed E-state index contributed by atoms with van der Waals surface area (Å²) in [5.41, 5.74) is 0.922. The van der Waals surface area contributed by atoms with Crippen LogP contribution >= 0.6 is 0 Å². The molecule has 0 radical (unpaired) electrons. The van der Waals surface area contributed by atoms with Crippen LogP contribution in [-0.4, -0.2) is 34.1 Å². The maximum atomic E-state index is 12.0. The third-order valence-electron chi connectivity index (χ3n) is 2.62. The maximum Gasteiger partial charge on any atom is 0.251 e. The molecule has 0 aromatic heterocycles. The largest absolute Gasteiger partial charge is 0.379 e. The van der Waals surface area contributed by atoms with Crippen molar-refractivity contribution in [2.45, 2.75) is 25.7 Å². The molecule has 0 aliphatic rings. The van der Waals surface area contributed by atoms with Crippen LogP contribution in [0.15, 0.2) is 23.1 Å². The second-order valence-electron chi connectivity index (χ2n) is 5.30. The summed E-state index contributed by atoms with van der Waals surface area (Å²) in [4.78, 5) is 11.9. The normalized spacial score (nSPS) is 11.7. The van der Waals surface area contributed by atoms with E-state index in [4.69, 9.17) is 9.88 Å². The Kier molecular flexibility index (Phi) is 6.32. The van der Waals surface area contributed by atoms with Crippen molar-refractivity contribution in [3.8, 4) is 0 Å². The monoisotopic (exact) mass is 314 g/mol. The lowest BCUT2D eigenvalue weighted by Gasteiger charge is -2.09. The molecule has 0 heterocycles. The quantitative estimate of drug-likeness (QED) is 0.735. The summed E-state index contributed by atoms with van der Waals surface area (Å²) < 4.78 is 28.1. The Bertz CT molecular complexity index is 597. The molecular formula is C14H22N2O4S. The van der Waals surface area contributed by atoms with Gasteiger partial charge in [-0.15, -0.1) is 0 Å². The van der Waals surface area contributed by atoms with Crippen LogP contribution in [-0.2, 0) is 14.8 Å². The van der Waals surface area contributed by atoms with E-state index in [1.807, 2.05) is 13.8 Å². The van der Waals surface area contributed by atoms with Gasteiger partial charge in [-0.25, -0.2) is 13.6 Å². The minimum atomic E-state index is -3.82. The highest BCUT2D eigenvalue weighted by molar-refractivity contribution is 7.89. The lowest BCUT2D eigenvalue weighted by atomic mass is 10.1. The van der Waals surface area contributed by atoms with E-state index in [1.54, 1.807) is 13.0 Å². The van der Waals surface area contributed by atoms with Gasteiger partial charge >= 0.3 is 0 Å². The number of carbonyl (C=O) groups excluding carboxylic acids is 1. The third-order valence-corrected chi connectivity index (χ3v) is 3.52. The van der Waals surface area contributed by atoms with E-state index >= 15 is 0 Å². The summed E-state index contributed by atoms with van der Waals surface area (Å²) in [5.74, 6) is 0.0894. The zero-order valence-electron chi connectivity index (χ0n) is 12.5. The molecular weight excluding hydrogens is 292 g/mol. The SMILES string of the molecule is Cc1cc(C(=O)NCCOCC(C)C)cc(S(N)(=O)=O)c1. The predicted octanol–water partition coefficient (Wildman–Crippen LogP) is 1.04. The second kappa shape index (κ2) is 7.53.